The topological polar surface area (TPSA) is 55.6 Å². The van der Waals surface area contributed by atoms with Crippen LogP contribution in [0.25, 0.3) is 4.96 Å². The largest absolute Gasteiger partial charge is 0.381 e. The standard InChI is InChI=1S/C14H19N3O2S/c1-9-7-17-12(10(2)16-14(17)20-9)6-15-13(18)11-4-3-5-19-8-11/h7,11H,3-6,8H2,1-2H3,(H,15,18)/t11-/m1/s1. The molecule has 1 aliphatic rings. The molecule has 1 fully saturated rings. The van der Waals surface area contributed by atoms with E-state index in [1.54, 1.807) is 11.3 Å². The van der Waals surface area contributed by atoms with Gasteiger partial charge >= 0.3 is 0 Å². The van der Waals surface area contributed by atoms with Crippen molar-refractivity contribution in [2.75, 3.05) is 13.2 Å². The Kier molecular flexibility index (Phi) is 3.76. The molecule has 3 rings (SSSR count). The molecule has 5 nitrogen and oxygen atoms in total. The fourth-order valence-electron chi connectivity index (χ4n) is 2.58. The number of carbonyl (C=O) groups excluding carboxylic acids is 1. The van der Waals surface area contributed by atoms with Crippen molar-refractivity contribution in [3.63, 3.8) is 0 Å². The fraction of sp³-hybridized carbons (Fsp3) is 0.571. The van der Waals surface area contributed by atoms with E-state index in [9.17, 15) is 4.79 Å². The van der Waals surface area contributed by atoms with Crippen LogP contribution in [-0.4, -0.2) is 28.5 Å². The highest BCUT2D eigenvalue weighted by Crippen LogP contribution is 2.21. The summed E-state index contributed by atoms with van der Waals surface area (Å²) < 4.78 is 7.44. The molecule has 1 atom stereocenters. The lowest BCUT2D eigenvalue weighted by Gasteiger charge is -2.21. The van der Waals surface area contributed by atoms with Gasteiger partial charge in [-0.25, -0.2) is 4.98 Å². The van der Waals surface area contributed by atoms with E-state index >= 15 is 0 Å². The fourth-order valence-corrected chi connectivity index (χ4v) is 3.47. The summed E-state index contributed by atoms with van der Waals surface area (Å²) in [5.41, 5.74) is 2.05. The molecule has 2 aromatic heterocycles. The molecular formula is C14H19N3O2S. The second kappa shape index (κ2) is 5.54. The molecular weight excluding hydrogens is 274 g/mol. The third-order valence-corrected chi connectivity index (χ3v) is 4.60. The van der Waals surface area contributed by atoms with Crippen molar-refractivity contribution < 1.29 is 9.53 Å². The van der Waals surface area contributed by atoms with Gasteiger partial charge < -0.3 is 10.1 Å². The molecule has 0 radical (unpaired) electrons. The number of amides is 1. The zero-order valence-electron chi connectivity index (χ0n) is 11.8. The van der Waals surface area contributed by atoms with Crippen LogP contribution in [-0.2, 0) is 16.1 Å². The van der Waals surface area contributed by atoms with Crippen molar-refractivity contribution in [1.29, 1.82) is 0 Å². The summed E-state index contributed by atoms with van der Waals surface area (Å²) in [6.07, 6.45) is 3.97. The molecule has 1 saturated heterocycles. The number of nitrogens with zero attached hydrogens (tertiary/aromatic N) is 2. The molecule has 108 valence electrons. The number of imidazole rings is 1. The van der Waals surface area contributed by atoms with Gasteiger partial charge in [0.1, 0.15) is 0 Å². The second-order valence-electron chi connectivity index (χ2n) is 5.27. The van der Waals surface area contributed by atoms with Crippen molar-refractivity contribution >= 4 is 22.2 Å². The zero-order valence-corrected chi connectivity index (χ0v) is 12.6. The first kappa shape index (κ1) is 13.6. The summed E-state index contributed by atoms with van der Waals surface area (Å²) in [5, 5.41) is 3.02. The molecule has 0 aromatic carbocycles. The van der Waals surface area contributed by atoms with Crippen molar-refractivity contribution in [2.24, 2.45) is 5.92 Å². The minimum atomic E-state index is -0.00307. The number of aryl methyl sites for hydroxylation is 2. The molecule has 2 aromatic rings. The predicted molar refractivity (Wildman–Crippen MR) is 77.9 cm³/mol. The van der Waals surface area contributed by atoms with Crippen LogP contribution in [0.2, 0.25) is 0 Å². The number of carbonyl (C=O) groups is 1. The summed E-state index contributed by atoms with van der Waals surface area (Å²) in [5.74, 6) is 0.0858. The summed E-state index contributed by atoms with van der Waals surface area (Å²) in [7, 11) is 0. The maximum Gasteiger partial charge on any atom is 0.225 e. The number of fused-ring (bicyclic) bond motifs is 1. The van der Waals surface area contributed by atoms with Gasteiger partial charge in [-0.2, -0.15) is 0 Å². The Morgan fingerprint density at radius 1 is 1.60 bits per heavy atom. The molecule has 0 aliphatic carbocycles. The van der Waals surface area contributed by atoms with Crippen molar-refractivity contribution in [1.82, 2.24) is 14.7 Å². The van der Waals surface area contributed by atoms with Gasteiger partial charge in [0, 0.05) is 17.7 Å². The van der Waals surface area contributed by atoms with Gasteiger partial charge in [0.05, 0.1) is 30.5 Å². The molecule has 0 saturated carbocycles. The number of nitrogens with one attached hydrogen (secondary N) is 1. The maximum absolute atomic E-state index is 12.1. The van der Waals surface area contributed by atoms with E-state index in [4.69, 9.17) is 4.74 Å². The lowest BCUT2D eigenvalue weighted by molar-refractivity contribution is -0.129. The molecule has 6 heteroatoms. The summed E-state index contributed by atoms with van der Waals surface area (Å²) in [4.78, 5) is 18.9. The van der Waals surface area contributed by atoms with Crippen LogP contribution < -0.4 is 5.32 Å². The maximum atomic E-state index is 12.1. The second-order valence-corrected chi connectivity index (χ2v) is 6.48. The van der Waals surface area contributed by atoms with Crippen LogP contribution in [0.5, 0.6) is 0 Å². The number of aromatic nitrogens is 2. The van der Waals surface area contributed by atoms with Gasteiger partial charge in [-0.15, -0.1) is 11.3 Å². The number of ether oxygens (including phenoxy) is 1. The van der Waals surface area contributed by atoms with E-state index in [-0.39, 0.29) is 11.8 Å². The third kappa shape index (κ3) is 2.58. The van der Waals surface area contributed by atoms with Crippen LogP contribution >= 0.6 is 11.3 Å². The van der Waals surface area contributed by atoms with Crippen molar-refractivity contribution in [3.8, 4) is 0 Å². The molecule has 1 aliphatic heterocycles. The molecule has 0 unspecified atom stereocenters. The quantitative estimate of drug-likeness (QED) is 0.942. The molecule has 0 spiro atoms. The zero-order chi connectivity index (χ0) is 14.1. The predicted octanol–water partition coefficient (Wildman–Crippen LogP) is 2.06. The van der Waals surface area contributed by atoms with Gasteiger partial charge in [0.25, 0.3) is 0 Å². The minimum absolute atomic E-state index is 0.00307. The Hall–Kier alpha value is -1.40. The molecule has 1 amide bonds. The van der Waals surface area contributed by atoms with Crippen molar-refractivity contribution in [2.45, 2.75) is 33.2 Å². The minimum Gasteiger partial charge on any atom is -0.381 e. The first-order valence-corrected chi connectivity index (χ1v) is 7.76. The summed E-state index contributed by atoms with van der Waals surface area (Å²) >= 11 is 1.67. The molecule has 0 bridgehead atoms. The highest BCUT2D eigenvalue weighted by Gasteiger charge is 2.22. The van der Waals surface area contributed by atoms with E-state index in [0.717, 1.165) is 35.8 Å². The smallest absolute Gasteiger partial charge is 0.225 e. The number of rotatable bonds is 3. The SMILES string of the molecule is Cc1cn2c(CNC(=O)[C@@H]3CCCOC3)c(C)nc2s1. The van der Waals surface area contributed by atoms with Crippen LogP contribution in [0.3, 0.4) is 0 Å². The number of hydrogen-bond acceptors (Lipinski definition) is 4. The Bertz CT molecular complexity index is 626. The molecule has 3 heterocycles. The Balaban J connectivity index is 1.69. The summed E-state index contributed by atoms with van der Waals surface area (Å²) in [6.45, 7) is 5.90. The first-order chi connectivity index (χ1) is 9.65. The highest BCUT2D eigenvalue weighted by molar-refractivity contribution is 7.17. The monoisotopic (exact) mass is 293 g/mol. The number of thiazole rings is 1. The van der Waals surface area contributed by atoms with Gasteiger partial charge in [-0.3, -0.25) is 9.20 Å². The Morgan fingerprint density at radius 3 is 3.20 bits per heavy atom. The van der Waals surface area contributed by atoms with Crippen molar-refractivity contribution in [3.05, 3.63) is 22.5 Å². The average molecular weight is 293 g/mol. The van der Waals surface area contributed by atoms with Crippen LogP contribution in [0.1, 0.15) is 29.1 Å². The average Bonchev–Trinajstić information content (AvgIpc) is 2.92. The normalized spacial score (nSPS) is 19.4. The lowest BCUT2D eigenvalue weighted by atomic mass is 10.0. The number of hydrogen-bond donors (Lipinski definition) is 1. The Labute approximate surface area is 122 Å². The van der Waals surface area contributed by atoms with E-state index in [0.29, 0.717) is 13.2 Å². The Morgan fingerprint density at radius 2 is 2.45 bits per heavy atom. The third-order valence-electron chi connectivity index (χ3n) is 3.70. The van der Waals surface area contributed by atoms with Crippen LogP contribution in [0.15, 0.2) is 6.20 Å². The van der Waals surface area contributed by atoms with E-state index in [1.807, 2.05) is 6.92 Å². The highest BCUT2D eigenvalue weighted by atomic mass is 32.1. The lowest BCUT2D eigenvalue weighted by Crippen LogP contribution is -2.35. The molecule has 1 N–H and O–H groups in total. The first-order valence-electron chi connectivity index (χ1n) is 6.94. The summed E-state index contributed by atoms with van der Waals surface area (Å²) in [6, 6.07) is 0. The van der Waals surface area contributed by atoms with Gasteiger partial charge in [-0.1, -0.05) is 0 Å². The molecule has 20 heavy (non-hydrogen) atoms. The van der Waals surface area contributed by atoms with Gasteiger partial charge in [-0.05, 0) is 26.7 Å². The van der Waals surface area contributed by atoms with Crippen LogP contribution in [0.4, 0.5) is 0 Å². The van der Waals surface area contributed by atoms with Crippen LogP contribution in [0, 0.1) is 19.8 Å². The van der Waals surface area contributed by atoms with Gasteiger partial charge in [0.15, 0.2) is 4.96 Å². The van der Waals surface area contributed by atoms with E-state index in [1.165, 1.54) is 4.88 Å². The van der Waals surface area contributed by atoms with E-state index < -0.39 is 0 Å². The van der Waals surface area contributed by atoms with E-state index in [2.05, 4.69) is 27.8 Å². The van der Waals surface area contributed by atoms with Gasteiger partial charge in [0.2, 0.25) is 5.91 Å².